The molecule has 7 heteroatoms. The van der Waals surface area contributed by atoms with E-state index in [0.717, 1.165) is 41.4 Å². The number of benzene rings is 2. The van der Waals surface area contributed by atoms with Crippen molar-refractivity contribution in [1.29, 1.82) is 0 Å². The van der Waals surface area contributed by atoms with Gasteiger partial charge in [-0.25, -0.2) is 4.79 Å². The number of ether oxygens (including phenoxy) is 3. The zero-order chi connectivity index (χ0) is 24.2. The number of aromatic nitrogens is 1. The molecule has 0 radical (unpaired) electrons. The van der Waals surface area contributed by atoms with Gasteiger partial charge in [-0.3, -0.25) is 4.98 Å². The lowest BCUT2D eigenvalue weighted by molar-refractivity contribution is -0.130. The fraction of sp³-hybridized carbons (Fsp3) is 0.259. The Kier molecular flexibility index (Phi) is 9.85. The number of hydrogen-bond acceptors (Lipinski definition) is 6. The summed E-state index contributed by atoms with van der Waals surface area (Å²) in [7, 11) is 3.29. The number of carbonyl (C=O) groups is 1. The number of pyridine rings is 1. The Labute approximate surface area is 204 Å². The molecule has 0 aliphatic carbocycles. The summed E-state index contributed by atoms with van der Waals surface area (Å²) < 4.78 is 16.1. The SMILES string of the molecule is COc1ccc(CCCCOC=C(C(=O)O)c2cccc(CSc3ccccc3OC)n2)cc1. The number of thioether (sulfide) groups is 1. The fourth-order valence-electron chi connectivity index (χ4n) is 3.27. The van der Waals surface area contributed by atoms with Gasteiger partial charge in [0.15, 0.2) is 0 Å². The number of nitrogens with zero attached hydrogens (tertiary/aromatic N) is 1. The van der Waals surface area contributed by atoms with Crippen LogP contribution in [-0.2, 0) is 21.7 Å². The zero-order valence-corrected chi connectivity index (χ0v) is 20.2. The van der Waals surface area contributed by atoms with E-state index in [9.17, 15) is 9.90 Å². The molecule has 2 aromatic carbocycles. The van der Waals surface area contributed by atoms with Crippen molar-refractivity contribution >= 4 is 23.3 Å². The zero-order valence-electron chi connectivity index (χ0n) is 19.4. The Morgan fingerprint density at radius 2 is 1.76 bits per heavy atom. The van der Waals surface area contributed by atoms with Crippen LogP contribution in [0.1, 0.15) is 29.8 Å². The first kappa shape index (κ1) is 25.2. The molecule has 0 fully saturated rings. The highest BCUT2D eigenvalue weighted by atomic mass is 32.2. The van der Waals surface area contributed by atoms with Crippen molar-refractivity contribution in [3.63, 3.8) is 0 Å². The Morgan fingerprint density at radius 3 is 2.50 bits per heavy atom. The van der Waals surface area contributed by atoms with Crippen molar-refractivity contribution in [3.05, 3.63) is 89.9 Å². The number of aliphatic carboxylic acids is 1. The van der Waals surface area contributed by atoms with Crippen LogP contribution in [0.5, 0.6) is 11.5 Å². The molecule has 0 aliphatic rings. The molecule has 0 aliphatic heterocycles. The number of unbranched alkanes of at least 4 members (excludes halogenated alkanes) is 1. The third kappa shape index (κ3) is 7.56. The lowest BCUT2D eigenvalue weighted by Gasteiger charge is -2.09. The normalized spacial score (nSPS) is 11.2. The third-order valence-electron chi connectivity index (χ3n) is 5.10. The van der Waals surface area contributed by atoms with E-state index in [1.165, 1.54) is 11.8 Å². The molecule has 0 saturated carbocycles. The lowest BCUT2D eigenvalue weighted by Crippen LogP contribution is -2.04. The van der Waals surface area contributed by atoms with E-state index in [0.29, 0.717) is 18.1 Å². The average molecular weight is 480 g/mol. The maximum atomic E-state index is 11.8. The van der Waals surface area contributed by atoms with Crippen LogP contribution in [-0.4, -0.2) is 36.9 Å². The van der Waals surface area contributed by atoms with Gasteiger partial charge in [-0.2, -0.15) is 0 Å². The van der Waals surface area contributed by atoms with Gasteiger partial charge in [0.2, 0.25) is 0 Å². The van der Waals surface area contributed by atoms with Crippen molar-refractivity contribution in [2.24, 2.45) is 0 Å². The maximum absolute atomic E-state index is 11.8. The Hall–Kier alpha value is -3.45. The van der Waals surface area contributed by atoms with Gasteiger partial charge >= 0.3 is 5.97 Å². The van der Waals surface area contributed by atoms with Crippen LogP contribution in [0.2, 0.25) is 0 Å². The van der Waals surface area contributed by atoms with E-state index >= 15 is 0 Å². The van der Waals surface area contributed by atoms with Crippen LogP contribution in [0.3, 0.4) is 0 Å². The molecule has 6 nitrogen and oxygen atoms in total. The molecule has 178 valence electrons. The minimum absolute atomic E-state index is 0.0410. The quantitative estimate of drug-likeness (QED) is 0.142. The van der Waals surface area contributed by atoms with Gasteiger partial charge in [0, 0.05) is 10.6 Å². The van der Waals surface area contributed by atoms with Crippen LogP contribution in [0, 0.1) is 0 Å². The molecular weight excluding hydrogens is 450 g/mol. The van der Waals surface area contributed by atoms with Crippen molar-refractivity contribution in [2.75, 3.05) is 20.8 Å². The molecule has 34 heavy (non-hydrogen) atoms. The first-order valence-corrected chi connectivity index (χ1v) is 12.0. The highest BCUT2D eigenvalue weighted by molar-refractivity contribution is 7.98. The molecule has 0 unspecified atom stereocenters. The van der Waals surface area contributed by atoms with Gasteiger partial charge in [0.05, 0.1) is 38.5 Å². The van der Waals surface area contributed by atoms with Crippen molar-refractivity contribution < 1.29 is 24.1 Å². The van der Waals surface area contributed by atoms with Crippen LogP contribution in [0.15, 0.2) is 77.9 Å². The van der Waals surface area contributed by atoms with E-state index in [4.69, 9.17) is 14.2 Å². The van der Waals surface area contributed by atoms with Crippen molar-refractivity contribution in [1.82, 2.24) is 4.98 Å². The fourth-order valence-corrected chi connectivity index (χ4v) is 4.20. The van der Waals surface area contributed by atoms with Gasteiger partial charge in [0.1, 0.15) is 17.1 Å². The summed E-state index contributed by atoms with van der Waals surface area (Å²) in [4.78, 5) is 17.3. The first-order chi connectivity index (χ1) is 16.6. The second kappa shape index (κ2) is 13.3. The largest absolute Gasteiger partial charge is 0.500 e. The smallest absolute Gasteiger partial charge is 0.341 e. The minimum atomic E-state index is -1.07. The van der Waals surface area contributed by atoms with Gasteiger partial charge in [-0.15, -0.1) is 11.8 Å². The predicted octanol–water partition coefficient (Wildman–Crippen LogP) is 5.86. The highest BCUT2D eigenvalue weighted by Crippen LogP contribution is 2.31. The third-order valence-corrected chi connectivity index (χ3v) is 6.18. The molecule has 3 aromatic rings. The predicted molar refractivity (Wildman–Crippen MR) is 134 cm³/mol. The van der Waals surface area contributed by atoms with E-state index in [1.807, 2.05) is 60.7 Å². The standard InChI is InChI=1S/C27H29NO5S/c1-31-22-15-13-20(14-16-22)8-5-6-17-33-18-23(27(29)30)24-10-7-9-21(28-24)19-34-26-12-4-3-11-25(26)32-2/h3-4,7,9-16,18H,5-6,8,17,19H2,1-2H3,(H,29,30). The average Bonchev–Trinajstić information content (AvgIpc) is 2.87. The number of methoxy groups -OCH3 is 2. The molecule has 1 heterocycles. The Morgan fingerprint density at radius 1 is 0.971 bits per heavy atom. The molecular formula is C27H29NO5S. The molecule has 0 spiro atoms. The Bertz CT molecular complexity index is 1100. The summed E-state index contributed by atoms with van der Waals surface area (Å²) in [6.45, 7) is 0.441. The number of para-hydroxylation sites is 1. The van der Waals surface area contributed by atoms with Crippen LogP contribution >= 0.6 is 11.8 Å². The summed E-state index contributed by atoms with van der Waals surface area (Å²) in [6, 6.07) is 21.1. The topological polar surface area (TPSA) is 77.9 Å². The first-order valence-electron chi connectivity index (χ1n) is 11.0. The van der Waals surface area contributed by atoms with Crippen molar-refractivity contribution in [2.45, 2.75) is 29.9 Å². The van der Waals surface area contributed by atoms with Crippen molar-refractivity contribution in [3.8, 4) is 11.5 Å². The number of hydrogen-bond donors (Lipinski definition) is 1. The summed E-state index contributed by atoms with van der Waals surface area (Å²) in [5, 5.41) is 9.67. The van der Waals surface area contributed by atoms with E-state index in [2.05, 4.69) is 4.98 Å². The number of rotatable bonds is 13. The van der Waals surface area contributed by atoms with E-state index < -0.39 is 5.97 Å². The summed E-state index contributed by atoms with van der Waals surface area (Å²) in [5.74, 6) is 1.16. The van der Waals surface area contributed by atoms with Gasteiger partial charge in [-0.05, 0) is 61.2 Å². The second-order valence-corrected chi connectivity index (χ2v) is 8.48. The molecule has 1 N–H and O–H groups in total. The van der Waals surface area contributed by atoms with E-state index in [1.54, 1.807) is 32.0 Å². The number of aryl methyl sites for hydroxylation is 1. The molecule has 0 saturated heterocycles. The van der Waals surface area contributed by atoms with Gasteiger partial charge in [-0.1, -0.05) is 30.3 Å². The number of carboxylic acids is 1. The summed E-state index contributed by atoms with van der Waals surface area (Å²) in [6.07, 6.45) is 3.99. The minimum Gasteiger partial charge on any atom is -0.500 e. The van der Waals surface area contributed by atoms with Gasteiger partial charge in [0.25, 0.3) is 0 Å². The Balaban J connectivity index is 1.52. The second-order valence-electron chi connectivity index (χ2n) is 7.47. The van der Waals surface area contributed by atoms with Gasteiger partial charge < -0.3 is 19.3 Å². The lowest BCUT2D eigenvalue weighted by atomic mass is 10.1. The molecule has 0 bridgehead atoms. The monoisotopic (exact) mass is 479 g/mol. The molecule has 1 aromatic heterocycles. The molecule has 0 atom stereocenters. The summed E-state index contributed by atoms with van der Waals surface area (Å²) >= 11 is 1.59. The number of carboxylic acid groups (broad SMARTS) is 1. The maximum Gasteiger partial charge on any atom is 0.341 e. The molecule has 0 amide bonds. The van der Waals surface area contributed by atoms with Crippen LogP contribution in [0.25, 0.3) is 5.57 Å². The van der Waals surface area contributed by atoms with E-state index in [-0.39, 0.29) is 5.57 Å². The summed E-state index contributed by atoms with van der Waals surface area (Å²) in [5.41, 5.74) is 2.43. The highest BCUT2D eigenvalue weighted by Gasteiger charge is 2.14. The molecule has 3 rings (SSSR count). The van der Waals surface area contributed by atoms with Crippen LogP contribution < -0.4 is 9.47 Å². The van der Waals surface area contributed by atoms with Crippen LogP contribution in [0.4, 0.5) is 0 Å².